The molecule has 0 spiro atoms. The first kappa shape index (κ1) is 11.8. The fourth-order valence-corrected chi connectivity index (χ4v) is 2.39. The van der Waals surface area contributed by atoms with Gasteiger partial charge >= 0.3 is 0 Å². The standard InChI is InChI=1S/C18H17N/c1-2-3-9-15-14-19(16-10-5-4-6-11-16)18-13-8-7-12-17(15)18/h3-14H,2H2,1H3/b9-3+. The highest BCUT2D eigenvalue weighted by Crippen LogP contribution is 2.25. The van der Waals surface area contributed by atoms with Gasteiger partial charge in [0.2, 0.25) is 0 Å². The third-order valence-electron chi connectivity index (χ3n) is 3.31. The average molecular weight is 247 g/mol. The van der Waals surface area contributed by atoms with Crippen LogP contribution in [0.15, 0.2) is 66.9 Å². The smallest absolute Gasteiger partial charge is 0.0534 e. The van der Waals surface area contributed by atoms with Crippen LogP contribution in [0, 0.1) is 0 Å². The van der Waals surface area contributed by atoms with Gasteiger partial charge < -0.3 is 4.57 Å². The molecule has 0 aliphatic heterocycles. The van der Waals surface area contributed by atoms with Gasteiger partial charge in [0.15, 0.2) is 0 Å². The van der Waals surface area contributed by atoms with Crippen LogP contribution in [0.1, 0.15) is 18.9 Å². The molecule has 1 heterocycles. The lowest BCUT2D eigenvalue weighted by Gasteiger charge is -2.04. The Bertz CT molecular complexity index is 705. The number of fused-ring (bicyclic) bond motifs is 1. The fourth-order valence-electron chi connectivity index (χ4n) is 2.39. The van der Waals surface area contributed by atoms with Crippen molar-refractivity contribution in [3.05, 3.63) is 72.4 Å². The van der Waals surface area contributed by atoms with Crippen LogP contribution in [0.2, 0.25) is 0 Å². The van der Waals surface area contributed by atoms with Gasteiger partial charge in [0.05, 0.1) is 5.52 Å². The van der Waals surface area contributed by atoms with Crippen LogP contribution in [0.5, 0.6) is 0 Å². The molecule has 2 aromatic carbocycles. The molecule has 0 unspecified atom stereocenters. The lowest BCUT2D eigenvalue weighted by molar-refractivity contribution is 1.13. The van der Waals surface area contributed by atoms with Crippen LogP contribution in [-0.4, -0.2) is 4.57 Å². The Hall–Kier alpha value is -2.28. The molecule has 0 fully saturated rings. The average Bonchev–Trinajstić information content (AvgIpc) is 2.85. The predicted octanol–water partition coefficient (Wildman–Crippen LogP) is 5.05. The molecule has 1 heteroatoms. The zero-order chi connectivity index (χ0) is 13.1. The summed E-state index contributed by atoms with van der Waals surface area (Å²) in [4.78, 5) is 0. The fraction of sp³-hybridized carbons (Fsp3) is 0.111. The van der Waals surface area contributed by atoms with E-state index in [1.807, 2.05) is 6.07 Å². The van der Waals surface area contributed by atoms with Crippen LogP contribution in [0.4, 0.5) is 0 Å². The maximum absolute atomic E-state index is 2.25. The van der Waals surface area contributed by atoms with Crippen molar-refractivity contribution in [2.45, 2.75) is 13.3 Å². The molecular formula is C18H17N. The second-order valence-corrected chi connectivity index (χ2v) is 4.62. The van der Waals surface area contributed by atoms with Crippen molar-refractivity contribution in [1.82, 2.24) is 4.57 Å². The van der Waals surface area contributed by atoms with E-state index in [1.54, 1.807) is 0 Å². The maximum atomic E-state index is 2.25. The molecule has 1 aromatic heterocycles. The Morgan fingerprint density at radius 1 is 0.947 bits per heavy atom. The summed E-state index contributed by atoms with van der Waals surface area (Å²) < 4.78 is 2.25. The van der Waals surface area contributed by atoms with Crippen molar-refractivity contribution in [2.24, 2.45) is 0 Å². The molecule has 0 aliphatic rings. The Labute approximate surface area is 113 Å². The van der Waals surface area contributed by atoms with Crippen molar-refractivity contribution in [2.75, 3.05) is 0 Å². The van der Waals surface area contributed by atoms with Gasteiger partial charge in [-0.2, -0.15) is 0 Å². The van der Waals surface area contributed by atoms with Gasteiger partial charge in [0.25, 0.3) is 0 Å². The minimum Gasteiger partial charge on any atom is -0.316 e. The second kappa shape index (κ2) is 5.15. The van der Waals surface area contributed by atoms with Crippen LogP contribution in [0.25, 0.3) is 22.7 Å². The lowest BCUT2D eigenvalue weighted by atomic mass is 10.1. The highest BCUT2D eigenvalue weighted by atomic mass is 15.0. The van der Waals surface area contributed by atoms with Crippen molar-refractivity contribution in [3.63, 3.8) is 0 Å². The predicted molar refractivity (Wildman–Crippen MR) is 82.6 cm³/mol. The zero-order valence-electron chi connectivity index (χ0n) is 11.1. The number of aromatic nitrogens is 1. The number of hydrogen-bond donors (Lipinski definition) is 0. The largest absolute Gasteiger partial charge is 0.316 e. The Balaban J connectivity index is 2.23. The minimum atomic E-state index is 1.06. The van der Waals surface area contributed by atoms with Crippen molar-refractivity contribution in [3.8, 4) is 5.69 Å². The van der Waals surface area contributed by atoms with E-state index in [0.717, 1.165) is 6.42 Å². The van der Waals surface area contributed by atoms with Gasteiger partial charge in [0, 0.05) is 22.8 Å². The lowest BCUT2D eigenvalue weighted by Crippen LogP contribution is -1.90. The second-order valence-electron chi connectivity index (χ2n) is 4.62. The van der Waals surface area contributed by atoms with Gasteiger partial charge in [-0.3, -0.25) is 0 Å². The molecule has 0 bridgehead atoms. The number of para-hydroxylation sites is 2. The van der Waals surface area contributed by atoms with E-state index in [4.69, 9.17) is 0 Å². The number of nitrogens with zero attached hydrogens (tertiary/aromatic N) is 1. The van der Waals surface area contributed by atoms with E-state index < -0.39 is 0 Å². The summed E-state index contributed by atoms with van der Waals surface area (Å²) in [6, 6.07) is 19.0. The molecule has 0 amide bonds. The molecule has 0 N–H and O–H groups in total. The monoisotopic (exact) mass is 247 g/mol. The quantitative estimate of drug-likeness (QED) is 0.610. The van der Waals surface area contributed by atoms with E-state index in [1.165, 1.54) is 22.2 Å². The van der Waals surface area contributed by atoms with E-state index in [-0.39, 0.29) is 0 Å². The summed E-state index contributed by atoms with van der Waals surface area (Å²) in [6.07, 6.45) is 7.69. The third-order valence-corrected chi connectivity index (χ3v) is 3.31. The third kappa shape index (κ3) is 2.19. The zero-order valence-corrected chi connectivity index (χ0v) is 11.1. The van der Waals surface area contributed by atoms with Crippen molar-refractivity contribution >= 4 is 17.0 Å². The maximum Gasteiger partial charge on any atom is 0.0534 e. The van der Waals surface area contributed by atoms with E-state index in [0.29, 0.717) is 0 Å². The van der Waals surface area contributed by atoms with Crippen molar-refractivity contribution in [1.29, 1.82) is 0 Å². The van der Waals surface area contributed by atoms with Crippen LogP contribution < -0.4 is 0 Å². The molecule has 0 saturated heterocycles. The molecule has 0 radical (unpaired) electrons. The van der Waals surface area contributed by atoms with E-state index >= 15 is 0 Å². The normalized spacial score (nSPS) is 11.4. The van der Waals surface area contributed by atoms with Crippen molar-refractivity contribution < 1.29 is 0 Å². The molecule has 0 aliphatic carbocycles. The first-order valence-electron chi connectivity index (χ1n) is 6.72. The SMILES string of the molecule is CC/C=C/c1cn(-c2ccccc2)c2ccccc12. The number of hydrogen-bond acceptors (Lipinski definition) is 0. The highest BCUT2D eigenvalue weighted by molar-refractivity contribution is 5.90. The molecule has 0 atom stereocenters. The van der Waals surface area contributed by atoms with Crippen LogP contribution >= 0.6 is 0 Å². The Morgan fingerprint density at radius 2 is 1.68 bits per heavy atom. The molecule has 3 aromatic rings. The first-order chi connectivity index (χ1) is 9.40. The summed E-state index contributed by atoms with van der Waals surface area (Å²) in [5.41, 5.74) is 3.74. The molecule has 94 valence electrons. The molecule has 3 rings (SSSR count). The van der Waals surface area contributed by atoms with Gasteiger partial charge in [-0.15, -0.1) is 0 Å². The van der Waals surface area contributed by atoms with E-state index in [2.05, 4.69) is 78.4 Å². The van der Waals surface area contributed by atoms with Gasteiger partial charge in [-0.1, -0.05) is 55.5 Å². The summed E-state index contributed by atoms with van der Waals surface area (Å²) in [6.45, 7) is 2.16. The van der Waals surface area contributed by atoms with Gasteiger partial charge in [-0.25, -0.2) is 0 Å². The highest BCUT2D eigenvalue weighted by Gasteiger charge is 2.06. The Morgan fingerprint density at radius 3 is 2.47 bits per heavy atom. The molecule has 19 heavy (non-hydrogen) atoms. The summed E-state index contributed by atoms with van der Waals surface area (Å²) in [5, 5.41) is 1.30. The molecule has 1 nitrogen and oxygen atoms in total. The minimum absolute atomic E-state index is 1.06. The Kier molecular flexibility index (Phi) is 3.20. The van der Waals surface area contributed by atoms with Crippen LogP contribution in [-0.2, 0) is 0 Å². The summed E-state index contributed by atoms with van der Waals surface area (Å²) in [5.74, 6) is 0. The topological polar surface area (TPSA) is 4.93 Å². The first-order valence-corrected chi connectivity index (χ1v) is 6.72. The van der Waals surface area contributed by atoms with Gasteiger partial charge in [0.1, 0.15) is 0 Å². The van der Waals surface area contributed by atoms with E-state index in [9.17, 15) is 0 Å². The number of rotatable bonds is 3. The number of allylic oxidation sites excluding steroid dienone is 1. The molecular weight excluding hydrogens is 230 g/mol. The van der Waals surface area contributed by atoms with Gasteiger partial charge in [-0.05, 0) is 24.6 Å². The molecule has 0 saturated carbocycles. The van der Waals surface area contributed by atoms with Crippen LogP contribution in [0.3, 0.4) is 0 Å². The number of benzene rings is 2. The summed E-state index contributed by atoms with van der Waals surface area (Å²) >= 11 is 0. The summed E-state index contributed by atoms with van der Waals surface area (Å²) in [7, 11) is 0.